The molecule has 3 aromatic carbocycles. The summed E-state index contributed by atoms with van der Waals surface area (Å²) in [4.78, 5) is 16.1. The highest BCUT2D eigenvalue weighted by Gasteiger charge is 2.28. The van der Waals surface area contributed by atoms with Crippen LogP contribution >= 0.6 is 0 Å². The fourth-order valence-electron chi connectivity index (χ4n) is 3.46. The van der Waals surface area contributed by atoms with Gasteiger partial charge in [-0.1, -0.05) is 78.9 Å². The smallest absolute Gasteiger partial charge is 0.255 e. The molecule has 0 aliphatic rings. The van der Waals surface area contributed by atoms with Crippen molar-refractivity contribution in [3.63, 3.8) is 0 Å². The Morgan fingerprint density at radius 1 is 0.846 bits per heavy atom. The number of H-pyrrole nitrogens is 1. The molecule has 26 heavy (non-hydrogen) atoms. The number of carbonyl (C=O) groups is 1. The van der Waals surface area contributed by atoms with Crippen LogP contribution in [0.5, 0.6) is 0 Å². The first-order chi connectivity index (χ1) is 12.8. The molecule has 0 aliphatic heterocycles. The molecule has 1 atom stereocenters. The standard InChI is InChI=1S/C22H18N2O2/c25-22(24-26)19(15-9-3-1-4-10-15)20-17-13-7-8-14-18(17)23-21(20)16-11-5-2-6-12-16/h1-14,19,23,26H,(H,24,25). The van der Waals surface area contributed by atoms with Crippen LogP contribution in [0.25, 0.3) is 22.2 Å². The van der Waals surface area contributed by atoms with Crippen molar-refractivity contribution in [2.24, 2.45) is 0 Å². The Balaban J connectivity index is 2.03. The summed E-state index contributed by atoms with van der Waals surface area (Å²) in [6, 6.07) is 27.3. The second-order valence-electron chi connectivity index (χ2n) is 6.15. The first kappa shape index (κ1) is 16.1. The van der Waals surface area contributed by atoms with Crippen molar-refractivity contribution in [2.75, 3.05) is 0 Å². The van der Waals surface area contributed by atoms with Gasteiger partial charge in [0.25, 0.3) is 5.91 Å². The number of para-hydroxylation sites is 1. The van der Waals surface area contributed by atoms with E-state index in [1.165, 1.54) is 0 Å². The van der Waals surface area contributed by atoms with E-state index in [1.54, 1.807) is 0 Å². The molecule has 4 nitrogen and oxygen atoms in total. The van der Waals surface area contributed by atoms with E-state index in [1.807, 2.05) is 90.4 Å². The Kier molecular flexibility index (Phi) is 4.25. The molecule has 1 unspecified atom stereocenters. The number of amides is 1. The van der Waals surface area contributed by atoms with Crippen LogP contribution in [0.15, 0.2) is 84.9 Å². The zero-order valence-electron chi connectivity index (χ0n) is 14.0. The quantitative estimate of drug-likeness (QED) is 0.378. The van der Waals surface area contributed by atoms with Crippen molar-refractivity contribution >= 4 is 16.8 Å². The summed E-state index contributed by atoms with van der Waals surface area (Å²) in [7, 11) is 0. The lowest BCUT2D eigenvalue weighted by Crippen LogP contribution is -2.27. The predicted molar refractivity (Wildman–Crippen MR) is 102 cm³/mol. The van der Waals surface area contributed by atoms with E-state index in [-0.39, 0.29) is 0 Å². The molecule has 0 fully saturated rings. The van der Waals surface area contributed by atoms with E-state index in [2.05, 4.69) is 4.98 Å². The Bertz CT molecular complexity index is 1040. The molecule has 0 spiro atoms. The van der Waals surface area contributed by atoms with Crippen molar-refractivity contribution in [2.45, 2.75) is 5.92 Å². The third-order valence-corrected chi connectivity index (χ3v) is 4.60. The summed E-state index contributed by atoms with van der Waals surface area (Å²) in [6.07, 6.45) is 0. The minimum absolute atomic E-state index is 0.460. The lowest BCUT2D eigenvalue weighted by Gasteiger charge is -2.17. The summed E-state index contributed by atoms with van der Waals surface area (Å²) < 4.78 is 0. The van der Waals surface area contributed by atoms with Gasteiger partial charge in [-0.2, -0.15) is 0 Å². The first-order valence-corrected chi connectivity index (χ1v) is 8.44. The molecule has 1 heterocycles. The molecule has 4 aromatic rings. The van der Waals surface area contributed by atoms with Gasteiger partial charge in [0.05, 0.1) is 11.6 Å². The van der Waals surface area contributed by atoms with Crippen LogP contribution in [0.3, 0.4) is 0 Å². The monoisotopic (exact) mass is 342 g/mol. The highest BCUT2D eigenvalue weighted by molar-refractivity contribution is 5.99. The lowest BCUT2D eigenvalue weighted by molar-refractivity contribution is -0.129. The van der Waals surface area contributed by atoms with Crippen LogP contribution in [-0.2, 0) is 4.79 Å². The van der Waals surface area contributed by atoms with Crippen molar-refractivity contribution in [3.8, 4) is 11.3 Å². The summed E-state index contributed by atoms with van der Waals surface area (Å²) >= 11 is 0. The Labute approximate surface area is 151 Å². The van der Waals surface area contributed by atoms with Gasteiger partial charge in [-0.25, -0.2) is 5.48 Å². The van der Waals surface area contributed by atoms with Crippen LogP contribution in [-0.4, -0.2) is 16.1 Å². The van der Waals surface area contributed by atoms with Gasteiger partial charge in [0.15, 0.2) is 0 Å². The molecular weight excluding hydrogens is 324 g/mol. The molecule has 1 amide bonds. The highest BCUT2D eigenvalue weighted by Crippen LogP contribution is 2.38. The van der Waals surface area contributed by atoms with Crippen molar-refractivity contribution in [1.29, 1.82) is 0 Å². The number of fused-ring (bicyclic) bond motifs is 1. The molecule has 0 saturated carbocycles. The highest BCUT2D eigenvalue weighted by atomic mass is 16.5. The van der Waals surface area contributed by atoms with Crippen molar-refractivity contribution < 1.29 is 10.0 Å². The topological polar surface area (TPSA) is 65.1 Å². The second kappa shape index (κ2) is 6.86. The number of hydrogen-bond acceptors (Lipinski definition) is 2. The van der Waals surface area contributed by atoms with Gasteiger partial charge in [-0.3, -0.25) is 10.0 Å². The molecule has 128 valence electrons. The van der Waals surface area contributed by atoms with Gasteiger partial charge in [0.1, 0.15) is 0 Å². The van der Waals surface area contributed by atoms with Crippen molar-refractivity contribution in [1.82, 2.24) is 10.5 Å². The fourth-order valence-corrected chi connectivity index (χ4v) is 3.46. The summed E-state index contributed by atoms with van der Waals surface area (Å²) in [5, 5.41) is 10.4. The molecule has 3 N–H and O–H groups in total. The summed E-state index contributed by atoms with van der Waals surface area (Å²) in [5.74, 6) is -1.09. The van der Waals surface area contributed by atoms with Gasteiger partial charge in [-0.15, -0.1) is 0 Å². The maximum atomic E-state index is 12.7. The van der Waals surface area contributed by atoms with Gasteiger partial charge >= 0.3 is 0 Å². The minimum Gasteiger partial charge on any atom is -0.354 e. The second-order valence-corrected chi connectivity index (χ2v) is 6.15. The Morgan fingerprint density at radius 3 is 2.15 bits per heavy atom. The average molecular weight is 342 g/mol. The van der Waals surface area contributed by atoms with E-state index in [0.29, 0.717) is 0 Å². The van der Waals surface area contributed by atoms with Crippen LogP contribution in [0.1, 0.15) is 17.0 Å². The third kappa shape index (κ3) is 2.76. The van der Waals surface area contributed by atoms with Gasteiger partial charge in [-0.05, 0) is 17.2 Å². The first-order valence-electron chi connectivity index (χ1n) is 8.44. The van der Waals surface area contributed by atoms with E-state index in [0.717, 1.165) is 33.3 Å². The van der Waals surface area contributed by atoms with Gasteiger partial charge in [0, 0.05) is 16.5 Å². The molecular formula is C22H18N2O2. The third-order valence-electron chi connectivity index (χ3n) is 4.60. The SMILES string of the molecule is O=C(NO)C(c1ccccc1)c1c(-c2ccccc2)[nH]c2ccccc12. The molecule has 4 heteroatoms. The number of hydroxylamine groups is 1. The maximum absolute atomic E-state index is 12.7. The van der Waals surface area contributed by atoms with Crippen LogP contribution in [0, 0.1) is 0 Å². The molecule has 0 bridgehead atoms. The Hall–Kier alpha value is -3.37. The van der Waals surface area contributed by atoms with Crippen LogP contribution in [0.2, 0.25) is 0 Å². The van der Waals surface area contributed by atoms with Gasteiger partial charge in [0.2, 0.25) is 0 Å². The number of hydrogen-bond donors (Lipinski definition) is 3. The number of benzene rings is 3. The molecule has 4 rings (SSSR count). The zero-order chi connectivity index (χ0) is 17.9. The summed E-state index contributed by atoms with van der Waals surface area (Å²) in [5.41, 5.74) is 6.34. The van der Waals surface area contributed by atoms with E-state index in [9.17, 15) is 10.0 Å². The maximum Gasteiger partial charge on any atom is 0.255 e. The molecule has 1 aromatic heterocycles. The van der Waals surface area contributed by atoms with E-state index in [4.69, 9.17) is 0 Å². The predicted octanol–water partition coefficient (Wildman–Crippen LogP) is 4.47. The van der Waals surface area contributed by atoms with E-state index < -0.39 is 11.8 Å². The number of aromatic amines is 1. The molecule has 0 aliphatic carbocycles. The molecule has 0 radical (unpaired) electrons. The zero-order valence-corrected chi connectivity index (χ0v) is 14.0. The number of aromatic nitrogens is 1. The fraction of sp³-hybridized carbons (Fsp3) is 0.0455. The Morgan fingerprint density at radius 2 is 1.46 bits per heavy atom. The lowest BCUT2D eigenvalue weighted by atomic mass is 9.87. The number of carbonyl (C=O) groups excluding carboxylic acids is 1. The van der Waals surface area contributed by atoms with E-state index >= 15 is 0 Å². The largest absolute Gasteiger partial charge is 0.354 e. The normalized spacial score (nSPS) is 12.0. The van der Waals surface area contributed by atoms with Gasteiger partial charge < -0.3 is 4.98 Å². The minimum atomic E-state index is -0.632. The average Bonchev–Trinajstić information content (AvgIpc) is 3.09. The summed E-state index contributed by atoms with van der Waals surface area (Å²) in [6.45, 7) is 0. The van der Waals surface area contributed by atoms with Crippen molar-refractivity contribution in [3.05, 3.63) is 96.1 Å². The molecule has 0 saturated heterocycles. The number of nitrogens with one attached hydrogen (secondary N) is 2. The van der Waals surface area contributed by atoms with Crippen LogP contribution < -0.4 is 5.48 Å². The number of rotatable bonds is 4. The van der Waals surface area contributed by atoms with Crippen LogP contribution in [0.4, 0.5) is 0 Å².